The molecule has 80 valence electrons. The lowest BCUT2D eigenvalue weighted by atomic mass is 10.0. The number of rotatable bonds is 5. The quantitative estimate of drug-likeness (QED) is 0.287. The lowest BCUT2D eigenvalue weighted by Gasteiger charge is -2.35. The Labute approximate surface area is 102 Å². The molecule has 1 aliphatic rings. The van der Waals surface area contributed by atoms with Gasteiger partial charge in [0.2, 0.25) is 0 Å². The number of allylic oxidation sites excluding steroid dienone is 2. The highest BCUT2D eigenvalue weighted by atomic mass is 127. The SMILES string of the molecule is C=CC[Si](I)(CC=C)C1CCCCC1. The second kappa shape index (κ2) is 6.11. The van der Waals surface area contributed by atoms with Crippen molar-refractivity contribution in [3.8, 4) is 0 Å². The predicted molar refractivity (Wildman–Crippen MR) is 76.6 cm³/mol. The summed E-state index contributed by atoms with van der Waals surface area (Å²) in [6, 6.07) is 2.54. The molecule has 1 rings (SSSR count). The Kier molecular flexibility index (Phi) is 5.45. The van der Waals surface area contributed by atoms with Gasteiger partial charge in [-0.15, -0.1) is 35.0 Å². The van der Waals surface area contributed by atoms with E-state index in [1.165, 1.54) is 44.2 Å². The zero-order valence-corrected chi connectivity index (χ0v) is 12.1. The van der Waals surface area contributed by atoms with E-state index in [0.29, 0.717) is 0 Å². The summed E-state index contributed by atoms with van der Waals surface area (Å²) in [6.45, 7) is 7.84. The summed E-state index contributed by atoms with van der Waals surface area (Å²) in [6.07, 6.45) is 11.6. The van der Waals surface area contributed by atoms with Crippen molar-refractivity contribution in [3.63, 3.8) is 0 Å². The highest BCUT2D eigenvalue weighted by molar-refractivity contribution is 14.1. The molecular formula is C12H21ISi. The van der Waals surface area contributed by atoms with Crippen LogP contribution in [0, 0.1) is 0 Å². The van der Waals surface area contributed by atoms with Crippen molar-refractivity contribution in [2.24, 2.45) is 0 Å². The first-order chi connectivity index (χ1) is 6.73. The highest BCUT2D eigenvalue weighted by Gasteiger charge is 2.36. The maximum atomic E-state index is 3.92. The van der Waals surface area contributed by atoms with Crippen molar-refractivity contribution >= 4 is 27.4 Å². The topological polar surface area (TPSA) is 0 Å². The Morgan fingerprint density at radius 2 is 1.57 bits per heavy atom. The Morgan fingerprint density at radius 3 is 2.00 bits per heavy atom. The van der Waals surface area contributed by atoms with E-state index in [1.807, 2.05) is 0 Å². The summed E-state index contributed by atoms with van der Waals surface area (Å²) in [4.78, 5) is 0. The van der Waals surface area contributed by atoms with Crippen LogP contribution < -0.4 is 0 Å². The van der Waals surface area contributed by atoms with Gasteiger partial charge in [-0.05, 0) is 17.6 Å². The molecule has 0 aromatic rings. The zero-order chi connectivity index (χ0) is 10.4. The van der Waals surface area contributed by atoms with Crippen LogP contribution in [-0.4, -0.2) is 5.57 Å². The third-order valence-corrected chi connectivity index (χ3v) is 12.6. The van der Waals surface area contributed by atoms with Crippen LogP contribution in [0.3, 0.4) is 0 Å². The molecule has 0 unspecified atom stereocenters. The first-order valence-corrected chi connectivity index (χ1v) is 11.2. The fourth-order valence-electron chi connectivity index (χ4n) is 2.52. The minimum absolute atomic E-state index is 1.02. The maximum absolute atomic E-state index is 3.92. The molecule has 0 saturated heterocycles. The maximum Gasteiger partial charge on any atom is 0.136 e. The van der Waals surface area contributed by atoms with E-state index in [9.17, 15) is 0 Å². The van der Waals surface area contributed by atoms with Gasteiger partial charge in [0.1, 0.15) is 5.57 Å². The van der Waals surface area contributed by atoms with Gasteiger partial charge in [0.25, 0.3) is 0 Å². The largest absolute Gasteiger partial charge is 0.136 e. The van der Waals surface area contributed by atoms with Gasteiger partial charge in [0, 0.05) is 0 Å². The Balaban J connectivity index is 2.62. The summed E-state index contributed by atoms with van der Waals surface area (Å²) < 4.78 is 0. The van der Waals surface area contributed by atoms with Gasteiger partial charge in [0.05, 0.1) is 0 Å². The van der Waals surface area contributed by atoms with Crippen LogP contribution in [0.1, 0.15) is 32.1 Å². The molecule has 0 radical (unpaired) electrons. The lowest BCUT2D eigenvalue weighted by molar-refractivity contribution is 0.495. The van der Waals surface area contributed by atoms with Crippen LogP contribution in [0.25, 0.3) is 0 Å². The van der Waals surface area contributed by atoms with Crippen LogP contribution in [0.2, 0.25) is 17.6 Å². The van der Waals surface area contributed by atoms with Crippen LogP contribution in [0.4, 0.5) is 0 Å². The molecule has 0 atom stereocenters. The summed E-state index contributed by atoms with van der Waals surface area (Å²) in [5.41, 5.74) is -0.0935. The van der Waals surface area contributed by atoms with Crippen molar-refractivity contribution in [1.29, 1.82) is 0 Å². The first-order valence-electron chi connectivity index (χ1n) is 5.63. The minimum Gasteiger partial charge on any atom is -0.118 e. The number of hydrogen-bond donors (Lipinski definition) is 0. The molecule has 1 saturated carbocycles. The second-order valence-electron chi connectivity index (χ2n) is 4.36. The standard InChI is InChI=1S/C12H21ISi/c1-3-10-14(13,11-4-2)12-8-6-5-7-9-12/h3-4,12H,1-2,5-11H2. The van der Waals surface area contributed by atoms with E-state index in [2.05, 4.69) is 47.1 Å². The lowest BCUT2D eigenvalue weighted by Crippen LogP contribution is -2.32. The van der Waals surface area contributed by atoms with Crippen molar-refractivity contribution in [2.45, 2.75) is 49.7 Å². The zero-order valence-electron chi connectivity index (χ0n) is 8.97. The van der Waals surface area contributed by atoms with E-state index in [-0.39, 0.29) is 0 Å². The number of hydrogen-bond acceptors (Lipinski definition) is 0. The molecule has 0 bridgehead atoms. The van der Waals surface area contributed by atoms with E-state index in [0.717, 1.165) is 5.54 Å². The molecule has 1 aliphatic carbocycles. The van der Waals surface area contributed by atoms with E-state index >= 15 is 0 Å². The molecule has 1 fully saturated rings. The molecule has 0 aromatic carbocycles. The predicted octanol–water partition coefficient (Wildman–Crippen LogP) is 5.07. The minimum atomic E-state index is -1.11. The van der Waals surface area contributed by atoms with Gasteiger partial charge in [-0.1, -0.05) is 44.3 Å². The molecule has 0 aromatic heterocycles. The van der Waals surface area contributed by atoms with Gasteiger partial charge < -0.3 is 0 Å². The van der Waals surface area contributed by atoms with Gasteiger partial charge in [-0.3, -0.25) is 0 Å². The molecule has 14 heavy (non-hydrogen) atoms. The third-order valence-electron chi connectivity index (χ3n) is 3.30. The van der Waals surface area contributed by atoms with Crippen LogP contribution in [0.15, 0.2) is 25.3 Å². The molecular weight excluding hydrogens is 299 g/mol. The first kappa shape index (κ1) is 12.5. The van der Waals surface area contributed by atoms with Crippen LogP contribution >= 0.6 is 21.8 Å². The van der Waals surface area contributed by atoms with Crippen LogP contribution in [0.5, 0.6) is 0 Å². The summed E-state index contributed by atoms with van der Waals surface area (Å²) in [5, 5.41) is 0. The molecule has 0 N–H and O–H groups in total. The summed E-state index contributed by atoms with van der Waals surface area (Å²) in [7, 11) is 0. The molecule has 2 heteroatoms. The van der Waals surface area contributed by atoms with Crippen molar-refractivity contribution in [2.75, 3.05) is 0 Å². The second-order valence-corrected chi connectivity index (χ2v) is 14.5. The Morgan fingerprint density at radius 1 is 1.07 bits per heavy atom. The van der Waals surface area contributed by atoms with Crippen molar-refractivity contribution in [1.82, 2.24) is 0 Å². The normalized spacial score (nSPS) is 19.2. The summed E-state index contributed by atoms with van der Waals surface area (Å²) >= 11 is 2.79. The average molecular weight is 320 g/mol. The van der Waals surface area contributed by atoms with E-state index < -0.39 is 5.57 Å². The Bertz CT molecular complexity index is 184. The Hall–Kier alpha value is 0.427. The van der Waals surface area contributed by atoms with Gasteiger partial charge >= 0.3 is 0 Å². The monoisotopic (exact) mass is 320 g/mol. The fraction of sp³-hybridized carbons (Fsp3) is 0.667. The van der Waals surface area contributed by atoms with Crippen LogP contribution in [-0.2, 0) is 0 Å². The van der Waals surface area contributed by atoms with Crippen molar-refractivity contribution in [3.05, 3.63) is 25.3 Å². The highest BCUT2D eigenvalue weighted by Crippen LogP contribution is 2.45. The average Bonchev–Trinajstić information content (AvgIpc) is 2.20. The summed E-state index contributed by atoms with van der Waals surface area (Å²) in [5.74, 6) is 0. The van der Waals surface area contributed by atoms with E-state index in [1.54, 1.807) is 0 Å². The molecule has 0 amide bonds. The van der Waals surface area contributed by atoms with Gasteiger partial charge in [0.15, 0.2) is 0 Å². The fourth-order valence-corrected chi connectivity index (χ4v) is 9.49. The smallest absolute Gasteiger partial charge is 0.118 e. The van der Waals surface area contributed by atoms with Crippen molar-refractivity contribution < 1.29 is 0 Å². The number of halogens is 1. The molecule has 0 spiro atoms. The molecule has 0 heterocycles. The van der Waals surface area contributed by atoms with Gasteiger partial charge in [-0.2, -0.15) is 0 Å². The third kappa shape index (κ3) is 3.23. The van der Waals surface area contributed by atoms with E-state index in [4.69, 9.17) is 0 Å². The molecule has 0 nitrogen and oxygen atoms in total. The van der Waals surface area contributed by atoms with Gasteiger partial charge in [-0.25, -0.2) is 0 Å². The molecule has 0 aliphatic heterocycles.